The van der Waals surface area contributed by atoms with E-state index in [2.05, 4.69) is 4.98 Å². The summed E-state index contributed by atoms with van der Waals surface area (Å²) in [5.41, 5.74) is 0. The van der Waals surface area contributed by atoms with Crippen molar-refractivity contribution in [3.8, 4) is 0 Å². The van der Waals surface area contributed by atoms with E-state index in [0.29, 0.717) is 0 Å². The summed E-state index contributed by atoms with van der Waals surface area (Å²) in [5.74, 6) is 0.933. The molecule has 0 radical (unpaired) electrons. The first-order chi connectivity index (χ1) is 5.38. The Morgan fingerprint density at radius 2 is 2.55 bits per heavy atom. The second-order valence-corrected chi connectivity index (χ2v) is 2.10. The lowest BCUT2D eigenvalue weighted by molar-refractivity contribution is 0.202. The third-order valence-corrected chi connectivity index (χ3v) is 1.31. The molecule has 0 aromatic carbocycles. The molecule has 0 amide bonds. The van der Waals surface area contributed by atoms with E-state index in [0.717, 1.165) is 12.2 Å². The number of aromatic nitrogens is 2. The van der Waals surface area contributed by atoms with Crippen molar-refractivity contribution in [1.82, 2.24) is 9.71 Å². The Bertz CT molecular complexity index is 240. The fraction of sp³-hybridized carbons (Fsp3) is 0.375. The highest BCUT2D eigenvalue weighted by Crippen LogP contribution is 1.94. The summed E-state index contributed by atoms with van der Waals surface area (Å²) in [4.78, 5) is 9.28. The highest BCUT2D eigenvalue weighted by atomic mass is 16.7. The van der Waals surface area contributed by atoms with E-state index >= 15 is 0 Å². The Morgan fingerprint density at radius 3 is 3.18 bits per heavy atom. The van der Waals surface area contributed by atoms with Gasteiger partial charge in [0.15, 0.2) is 0 Å². The van der Waals surface area contributed by atoms with E-state index in [1.165, 1.54) is 0 Å². The molecule has 0 bridgehead atoms. The average molecular weight is 152 g/mol. The van der Waals surface area contributed by atoms with Gasteiger partial charge in [-0.2, -0.15) is 4.73 Å². The summed E-state index contributed by atoms with van der Waals surface area (Å²) in [7, 11) is 0. The van der Waals surface area contributed by atoms with Gasteiger partial charge in [0, 0.05) is 12.6 Å². The molecule has 0 saturated heterocycles. The van der Waals surface area contributed by atoms with E-state index in [1.54, 1.807) is 23.4 Å². The Hall–Kier alpha value is -1.25. The van der Waals surface area contributed by atoms with Gasteiger partial charge in [0.05, 0.1) is 6.20 Å². The maximum Gasteiger partial charge on any atom is 0.144 e. The van der Waals surface area contributed by atoms with E-state index in [9.17, 15) is 0 Å². The van der Waals surface area contributed by atoms with Crippen LogP contribution in [-0.4, -0.2) is 9.71 Å². The van der Waals surface area contributed by atoms with Crippen LogP contribution >= 0.6 is 0 Å². The van der Waals surface area contributed by atoms with Crippen molar-refractivity contribution < 1.29 is 4.84 Å². The Kier molecular flexibility index (Phi) is 2.72. The van der Waals surface area contributed by atoms with Gasteiger partial charge >= 0.3 is 0 Å². The average Bonchev–Trinajstić information content (AvgIpc) is 2.47. The Balaban J connectivity index is 2.68. The molecule has 3 nitrogen and oxygen atoms in total. The lowest BCUT2D eigenvalue weighted by atomic mass is 10.5. The summed E-state index contributed by atoms with van der Waals surface area (Å²) < 4.78 is 1.65. The van der Waals surface area contributed by atoms with E-state index in [4.69, 9.17) is 4.84 Å². The van der Waals surface area contributed by atoms with E-state index < -0.39 is 0 Å². The van der Waals surface area contributed by atoms with Gasteiger partial charge in [0.25, 0.3) is 0 Å². The SMILES string of the molecule is C/C=C\On1ccnc1CC. The number of aryl methyl sites for hydroxylation is 1. The molecule has 0 atom stereocenters. The van der Waals surface area contributed by atoms with Gasteiger partial charge in [0.2, 0.25) is 0 Å². The van der Waals surface area contributed by atoms with Crippen molar-refractivity contribution in [2.75, 3.05) is 0 Å². The van der Waals surface area contributed by atoms with Gasteiger partial charge in [-0.3, -0.25) is 0 Å². The van der Waals surface area contributed by atoms with Crippen molar-refractivity contribution in [3.63, 3.8) is 0 Å². The molecule has 0 unspecified atom stereocenters. The lowest BCUT2D eigenvalue weighted by Crippen LogP contribution is -2.07. The third-order valence-electron chi connectivity index (χ3n) is 1.31. The molecule has 60 valence electrons. The third kappa shape index (κ3) is 1.83. The molecule has 3 heteroatoms. The molecular formula is C8H12N2O. The predicted molar refractivity (Wildman–Crippen MR) is 43.0 cm³/mol. The van der Waals surface area contributed by atoms with Crippen LogP contribution in [-0.2, 0) is 6.42 Å². The maximum absolute atomic E-state index is 5.19. The van der Waals surface area contributed by atoms with Crippen molar-refractivity contribution in [2.24, 2.45) is 0 Å². The number of allylic oxidation sites excluding steroid dienone is 1. The summed E-state index contributed by atoms with van der Waals surface area (Å²) in [6.45, 7) is 3.94. The van der Waals surface area contributed by atoms with Gasteiger partial charge in [0.1, 0.15) is 12.1 Å². The zero-order valence-electron chi connectivity index (χ0n) is 6.82. The van der Waals surface area contributed by atoms with E-state index in [1.807, 2.05) is 19.9 Å². The number of hydrogen-bond donors (Lipinski definition) is 0. The number of imidazole rings is 1. The number of nitrogens with zero attached hydrogens (tertiary/aromatic N) is 2. The molecule has 0 aliphatic carbocycles. The smallest absolute Gasteiger partial charge is 0.144 e. The topological polar surface area (TPSA) is 27.1 Å². The maximum atomic E-state index is 5.19. The fourth-order valence-electron chi connectivity index (χ4n) is 0.792. The molecule has 1 aromatic rings. The van der Waals surface area contributed by atoms with Crippen LogP contribution in [0.1, 0.15) is 19.7 Å². The van der Waals surface area contributed by atoms with Crippen LogP contribution in [0.5, 0.6) is 0 Å². The lowest BCUT2D eigenvalue weighted by Gasteiger charge is -2.01. The summed E-state index contributed by atoms with van der Waals surface area (Å²) in [6.07, 6.45) is 7.85. The molecule has 1 aromatic heterocycles. The summed E-state index contributed by atoms with van der Waals surface area (Å²) in [6, 6.07) is 0. The van der Waals surface area contributed by atoms with Crippen molar-refractivity contribution in [2.45, 2.75) is 20.3 Å². The molecule has 0 N–H and O–H groups in total. The standard InChI is InChI=1S/C8H12N2O/c1-3-7-11-10-6-5-9-8(10)4-2/h3,5-7H,4H2,1-2H3/b7-3-. The van der Waals surface area contributed by atoms with Crippen LogP contribution in [0, 0.1) is 0 Å². The van der Waals surface area contributed by atoms with Crippen molar-refractivity contribution in [1.29, 1.82) is 0 Å². The van der Waals surface area contributed by atoms with Crippen LogP contribution in [0.4, 0.5) is 0 Å². The molecule has 0 spiro atoms. The molecule has 0 saturated carbocycles. The molecule has 0 aliphatic rings. The summed E-state index contributed by atoms with van der Waals surface area (Å²) in [5, 5.41) is 0. The van der Waals surface area contributed by atoms with E-state index in [-0.39, 0.29) is 0 Å². The molecular weight excluding hydrogens is 140 g/mol. The largest absolute Gasteiger partial charge is 0.382 e. The minimum absolute atomic E-state index is 0.880. The molecule has 0 aliphatic heterocycles. The first-order valence-corrected chi connectivity index (χ1v) is 3.69. The van der Waals surface area contributed by atoms with Crippen LogP contribution < -0.4 is 4.84 Å². The van der Waals surface area contributed by atoms with Crippen molar-refractivity contribution >= 4 is 0 Å². The normalized spacial score (nSPS) is 10.7. The quantitative estimate of drug-likeness (QED) is 0.612. The molecule has 1 heterocycles. The van der Waals surface area contributed by atoms with Gasteiger partial charge in [-0.05, 0) is 13.0 Å². The first-order valence-electron chi connectivity index (χ1n) is 3.69. The number of hydrogen-bond acceptors (Lipinski definition) is 2. The summed E-state index contributed by atoms with van der Waals surface area (Å²) >= 11 is 0. The van der Waals surface area contributed by atoms with Gasteiger partial charge in [-0.25, -0.2) is 4.98 Å². The monoisotopic (exact) mass is 152 g/mol. The first kappa shape index (κ1) is 7.85. The molecule has 1 rings (SSSR count). The van der Waals surface area contributed by atoms with Gasteiger partial charge < -0.3 is 4.84 Å². The molecule has 11 heavy (non-hydrogen) atoms. The second-order valence-electron chi connectivity index (χ2n) is 2.10. The number of rotatable bonds is 3. The van der Waals surface area contributed by atoms with Crippen LogP contribution in [0.15, 0.2) is 24.7 Å². The van der Waals surface area contributed by atoms with Crippen LogP contribution in [0.3, 0.4) is 0 Å². The minimum atomic E-state index is 0.880. The Morgan fingerprint density at radius 1 is 1.73 bits per heavy atom. The van der Waals surface area contributed by atoms with Crippen LogP contribution in [0.2, 0.25) is 0 Å². The minimum Gasteiger partial charge on any atom is -0.382 e. The predicted octanol–water partition coefficient (Wildman–Crippen LogP) is 1.41. The fourth-order valence-corrected chi connectivity index (χ4v) is 0.792. The van der Waals surface area contributed by atoms with Crippen molar-refractivity contribution in [3.05, 3.63) is 30.6 Å². The highest BCUT2D eigenvalue weighted by Gasteiger charge is 1.96. The zero-order valence-corrected chi connectivity index (χ0v) is 6.82. The van der Waals surface area contributed by atoms with Crippen LogP contribution in [0.25, 0.3) is 0 Å². The zero-order chi connectivity index (χ0) is 8.10. The molecule has 0 fully saturated rings. The highest BCUT2D eigenvalue weighted by molar-refractivity contribution is 4.89. The van der Waals surface area contributed by atoms with Gasteiger partial charge in [-0.15, -0.1) is 0 Å². The van der Waals surface area contributed by atoms with Gasteiger partial charge in [-0.1, -0.05) is 6.92 Å². The second kappa shape index (κ2) is 3.81. The Labute approximate surface area is 66.3 Å².